The molecule has 2 atom stereocenters. The summed E-state index contributed by atoms with van der Waals surface area (Å²) in [5.41, 5.74) is 0. The molecule has 1 rings (SSSR count). The van der Waals surface area contributed by atoms with E-state index in [1.54, 1.807) is 10.6 Å². The molecule has 1 aromatic carbocycles. The van der Waals surface area contributed by atoms with Crippen molar-refractivity contribution >= 4 is 27.8 Å². The van der Waals surface area contributed by atoms with Crippen LogP contribution < -0.4 is 10.6 Å². The molecule has 0 aliphatic rings. The molecule has 0 N–H and O–H groups in total. The second-order valence-corrected chi connectivity index (χ2v) is 7.60. The Bertz CT molecular complexity index is 279. The minimum Gasteiger partial charge on any atom is -0.0897 e. The SMILES string of the molecule is CCCCCPc1ccccc1PCCCCC. The summed E-state index contributed by atoms with van der Waals surface area (Å²) in [6.07, 6.45) is 11.1. The molecule has 0 bridgehead atoms. The normalized spacial score (nSPS) is 12.1. The maximum atomic E-state index is 2.35. The number of hydrogen-bond donors (Lipinski definition) is 0. The van der Waals surface area contributed by atoms with E-state index >= 15 is 0 Å². The summed E-state index contributed by atoms with van der Waals surface area (Å²) in [4.78, 5) is 0. The Labute approximate surface area is 117 Å². The van der Waals surface area contributed by atoms with E-state index in [2.05, 4.69) is 38.1 Å². The first-order valence-corrected chi connectivity index (χ1v) is 9.86. The van der Waals surface area contributed by atoms with Crippen molar-refractivity contribution in [2.75, 3.05) is 12.3 Å². The molecule has 0 amide bonds. The zero-order valence-corrected chi connectivity index (χ0v) is 14.0. The van der Waals surface area contributed by atoms with Crippen LogP contribution in [0.25, 0.3) is 0 Å². The van der Waals surface area contributed by atoms with Gasteiger partial charge in [-0.3, -0.25) is 0 Å². The average Bonchev–Trinajstić information content (AvgIpc) is 2.41. The predicted octanol–water partition coefficient (Wildman–Crippen LogP) is 4.67. The smallest absolute Gasteiger partial charge is 0.0198 e. The van der Waals surface area contributed by atoms with E-state index in [1.165, 1.54) is 50.8 Å². The summed E-state index contributed by atoms with van der Waals surface area (Å²) in [6.45, 7) is 4.57. The predicted molar refractivity (Wildman–Crippen MR) is 91.1 cm³/mol. The van der Waals surface area contributed by atoms with Gasteiger partial charge in [0.15, 0.2) is 0 Å². The highest BCUT2D eigenvalue weighted by atomic mass is 31.1. The van der Waals surface area contributed by atoms with Crippen molar-refractivity contribution in [3.63, 3.8) is 0 Å². The van der Waals surface area contributed by atoms with E-state index in [0.717, 1.165) is 17.2 Å². The van der Waals surface area contributed by atoms with Crippen LogP contribution in [-0.2, 0) is 0 Å². The fourth-order valence-corrected chi connectivity index (χ4v) is 4.89. The second-order valence-electron chi connectivity index (χ2n) is 4.81. The van der Waals surface area contributed by atoms with E-state index in [-0.39, 0.29) is 0 Å². The van der Waals surface area contributed by atoms with Gasteiger partial charge in [-0.2, -0.15) is 0 Å². The van der Waals surface area contributed by atoms with Crippen molar-refractivity contribution in [2.24, 2.45) is 0 Å². The lowest BCUT2D eigenvalue weighted by molar-refractivity contribution is 0.778. The second kappa shape index (κ2) is 11.0. The van der Waals surface area contributed by atoms with Gasteiger partial charge in [-0.25, -0.2) is 0 Å². The van der Waals surface area contributed by atoms with Crippen molar-refractivity contribution in [1.29, 1.82) is 0 Å². The highest BCUT2D eigenvalue weighted by Crippen LogP contribution is 2.18. The van der Waals surface area contributed by atoms with Crippen LogP contribution in [0.5, 0.6) is 0 Å². The van der Waals surface area contributed by atoms with Crippen LogP contribution in [0.2, 0.25) is 0 Å². The van der Waals surface area contributed by atoms with Crippen LogP contribution in [0.15, 0.2) is 24.3 Å². The van der Waals surface area contributed by atoms with E-state index in [0.29, 0.717) is 0 Å². The molecule has 2 unspecified atom stereocenters. The molecule has 2 heteroatoms. The van der Waals surface area contributed by atoms with Crippen molar-refractivity contribution in [3.05, 3.63) is 24.3 Å². The molecule has 0 radical (unpaired) electrons. The third-order valence-electron chi connectivity index (χ3n) is 3.12. The Balaban J connectivity index is 2.36. The van der Waals surface area contributed by atoms with Gasteiger partial charge in [-0.05, 0) is 35.8 Å². The van der Waals surface area contributed by atoms with Crippen LogP contribution in [0, 0.1) is 0 Å². The Hall–Kier alpha value is 0.0800. The molecule has 102 valence electrons. The number of benzene rings is 1. The minimum absolute atomic E-state index is 1.03. The lowest BCUT2D eigenvalue weighted by atomic mass is 10.3. The molecule has 0 aliphatic heterocycles. The van der Waals surface area contributed by atoms with Gasteiger partial charge >= 0.3 is 0 Å². The maximum absolute atomic E-state index is 2.35. The quantitative estimate of drug-likeness (QED) is 0.432. The number of hydrogen-bond acceptors (Lipinski definition) is 0. The van der Waals surface area contributed by atoms with Gasteiger partial charge in [0.1, 0.15) is 0 Å². The van der Waals surface area contributed by atoms with Crippen LogP contribution in [-0.4, -0.2) is 12.3 Å². The van der Waals surface area contributed by atoms with Crippen molar-refractivity contribution in [3.8, 4) is 0 Å². The van der Waals surface area contributed by atoms with Gasteiger partial charge in [0.05, 0.1) is 0 Å². The number of rotatable bonds is 10. The molecule has 18 heavy (non-hydrogen) atoms. The summed E-state index contributed by atoms with van der Waals surface area (Å²) in [7, 11) is 2.06. The molecule has 0 fully saturated rings. The minimum atomic E-state index is 1.03. The van der Waals surface area contributed by atoms with Crippen LogP contribution in [0.1, 0.15) is 52.4 Å². The van der Waals surface area contributed by atoms with Gasteiger partial charge < -0.3 is 0 Å². The molecular weight excluding hydrogens is 254 g/mol. The standard InChI is InChI=1S/C16H28P2/c1-3-5-9-13-17-15-11-7-8-12-16(15)18-14-10-6-4-2/h7-8,11-12,17-18H,3-6,9-10,13-14H2,1-2H3. The molecule has 0 saturated heterocycles. The fourth-order valence-electron chi connectivity index (χ4n) is 1.99. The highest BCUT2D eigenvalue weighted by molar-refractivity contribution is 7.54. The molecule has 0 saturated carbocycles. The zero-order valence-electron chi connectivity index (χ0n) is 12.0. The van der Waals surface area contributed by atoms with Crippen molar-refractivity contribution in [1.82, 2.24) is 0 Å². The molecule has 0 spiro atoms. The first kappa shape index (κ1) is 16.1. The van der Waals surface area contributed by atoms with Crippen LogP contribution in [0.4, 0.5) is 0 Å². The van der Waals surface area contributed by atoms with Crippen molar-refractivity contribution < 1.29 is 0 Å². The van der Waals surface area contributed by atoms with E-state index in [1.807, 2.05) is 0 Å². The van der Waals surface area contributed by atoms with Gasteiger partial charge in [-0.1, -0.05) is 81.0 Å². The summed E-state index contributed by atoms with van der Waals surface area (Å²) in [5, 5.41) is 3.28. The molecule has 0 aromatic heterocycles. The molecular formula is C16H28P2. The highest BCUT2D eigenvalue weighted by Gasteiger charge is 2.01. The maximum Gasteiger partial charge on any atom is -0.0198 e. The fraction of sp³-hybridized carbons (Fsp3) is 0.625. The summed E-state index contributed by atoms with van der Waals surface area (Å²) < 4.78 is 0. The largest absolute Gasteiger partial charge is 0.0897 e. The van der Waals surface area contributed by atoms with Gasteiger partial charge in [0, 0.05) is 0 Å². The summed E-state index contributed by atoms with van der Waals surface area (Å²) in [5.74, 6) is 0. The monoisotopic (exact) mass is 282 g/mol. The zero-order chi connectivity index (χ0) is 13.1. The van der Waals surface area contributed by atoms with Crippen LogP contribution >= 0.6 is 17.2 Å². The van der Waals surface area contributed by atoms with Gasteiger partial charge in [0.25, 0.3) is 0 Å². The summed E-state index contributed by atoms with van der Waals surface area (Å²) in [6, 6.07) is 9.13. The lowest BCUT2D eigenvalue weighted by Crippen LogP contribution is -2.15. The lowest BCUT2D eigenvalue weighted by Gasteiger charge is -2.09. The van der Waals surface area contributed by atoms with Crippen molar-refractivity contribution in [2.45, 2.75) is 52.4 Å². The molecule has 1 aromatic rings. The average molecular weight is 282 g/mol. The molecule has 0 aliphatic carbocycles. The molecule has 0 heterocycles. The van der Waals surface area contributed by atoms with Gasteiger partial charge in [-0.15, -0.1) is 0 Å². The third kappa shape index (κ3) is 6.86. The molecule has 0 nitrogen and oxygen atoms in total. The van der Waals surface area contributed by atoms with Gasteiger partial charge in [0.2, 0.25) is 0 Å². The topological polar surface area (TPSA) is 0 Å². The Kier molecular flexibility index (Phi) is 9.82. The first-order valence-electron chi connectivity index (χ1n) is 7.45. The Morgan fingerprint density at radius 3 is 1.56 bits per heavy atom. The Morgan fingerprint density at radius 1 is 0.722 bits per heavy atom. The Morgan fingerprint density at radius 2 is 1.17 bits per heavy atom. The van der Waals surface area contributed by atoms with E-state index in [9.17, 15) is 0 Å². The number of unbranched alkanes of at least 4 members (excludes halogenated alkanes) is 4. The third-order valence-corrected chi connectivity index (χ3v) is 6.21. The van der Waals surface area contributed by atoms with E-state index in [4.69, 9.17) is 0 Å². The van der Waals surface area contributed by atoms with E-state index < -0.39 is 0 Å². The summed E-state index contributed by atoms with van der Waals surface area (Å²) >= 11 is 0. The van der Waals surface area contributed by atoms with Crippen LogP contribution in [0.3, 0.4) is 0 Å². The first-order chi connectivity index (χ1) is 8.88.